The first-order valence-electron chi connectivity index (χ1n) is 2.90. The lowest BCUT2D eigenvalue weighted by Gasteiger charge is -1.93. The molecular weight excluding hydrogens is 201 g/mol. The lowest BCUT2D eigenvalue weighted by molar-refractivity contribution is -0.111. The minimum atomic E-state index is -0.777. The van der Waals surface area contributed by atoms with Gasteiger partial charge < -0.3 is 5.73 Å². The van der Waals surface area contributed by atoms with Crippen LogP contribution in [0.4, 0.5) is 0 Å². The third-order valence-corrected chi connectivity index (χ3v) is 1.00. The number of amides is 1. The largest absolute Gasteiger partial charge is 0.364 e. The van der Waals surface area contributed by atoms with Crippen LogP contribution in [0.1, 0.15) is 6.92 Å². The van der Waals surface area contributed by atoms with Gasteiger partial charge in [-0.1, -0.05) is 11.6 Å². The van der Waals surface area contributed by atoms with Gasteiger partial charge in [-0.15, -0.1) is 0 Å². The first-order chi connectivity index (χ1) is 5.43. The van der Waals surface area contributed by atoms with E-state index in [4.69, 9.17) is 34.3 Å². The zero-order chi connectivity index (χ0) is 9.72. The van der Waals surface area contributed by atoms with E-state index in [0.717, 1.165) is 0 Å². The Hall–Kier alpha value is -0.870. The number of allylic oxidation sites excluding steroid dienone is 1. The van der Waals surface area contributed by atoms with Gasteiger partial charge in [0.2, 0.25) is 5.29 Å². The number of nitrogens with zero attached hydrogens (tertiary/aromatic N) is 1. The smallest absolute Gasteiger partial charge is 0.267 e. The van der Waals surface area contributed by atoms with Crippen molar-refractivity contribution in [2.75, 3.05) is 0 Å². The summed E-state index contributed by atoms with van der Waals surface area (Å²) < 4.78 is 0. The van der Waals surface area contributed by atoms with Crippen LogP contribution >= 0.6 is 23.2 Å². The maximum absolute atomic E-state index is 10.6. The van der Waals surface area contributed by atoms with Crippen molar-refractivity contribution in [3.8, 4) is 0 Å². The molecule has 4 nitrogen and oxygen atoms in total. The topological polar surface area (TPSA) is 79.3 Å². The molecule has 0 aromatic carbocycles. The van der Waals surface area contributed by atoms with Crippen LogP contribution in [0.25, 0.3) is 0 Å². The highest BCUT2D eigenvalue weighted by molar-refractivity contribution is 6.66. The number of rotatable bonds is 2. The summed E-state index contributed by atoms with van der Waals surface area (Å²) in [5.41, 5.74) is 4.77. The zero-order valence-corrected chi connectivity index (χ0v) is 7.78. The van der Waals surface area contributed by atoms with Crippen LogP contribution in [-0.4, -0.2) is 16.9 Å². The molecule has 0 radical (unpaired) electrons. The molecular formula is C6H7Cl2N3O. The fraction of sp³-hybridized carbons (Fsp3) is 0.167. The van der Waals surface area contributed by atoms with Crippen molar-refractivity contribution < 1.29 is 4.79 Å². The van der Waals surface area contributed by atoms with Crippen LogP contribution in [-0.2, 0) is 4.79 Å². The molecule has 0 aromatic rings. The van der Waals surface area contributed by atoms with Crippen LogP contribution in [0.2, 0.25) is 0 Å². The molecule has 0 rings (SSSR count). The number of primary amides is 1. The Morgan fingerprint density at radius 2 is 2.08 bits per heavy atom. The van der Waals surface area contributed by atoms with Crippen LogP contribution < -0.4 is 5.73 Å². The van der Waals surface area contributed by atoms with Gasteiger partial charge in [0.25, 0.3) is 5.91 Å². The molecule has 0 saturated carbocycles. The number of carbonyl (C=O) groups excluding carboxylic acids is 1. The number of carbonyl (C=O) groups is 1. The second-order valence-electron chi connectivity index (χ2n) is 1.88. The van der Waals surface area contributed by atoms with Gasteiger partial charge in [0.1, 0.15) is 5.71 Å². The molecule has 12 heavy (non-hydrogen) atoms. The van der Waals surface area contributed by atoms with E-state index in [1.807, 2.05) is 0 Å². The summed E-state index contributed by atoms with van der Waals surface area (Å²) in [5.74, 6) is -0.777. The summed E-state index contributed by atoms with van der Waals surface area (Å²) in [6, 6.07) is 0. The van der Waals surface area contributed by atoms with Gasteiger partial charge in [0, 0.05) is 5.03 Å². The Kier molecular flexibility index (Phi) is 4.54. The SMILES string of the molecule is C/C(Cl)=C\C(=N/C(=N)Cl)C(N)=O. The van der Waals surface area contributed by atoms with E-state index >= 15 is 0 Å². The Balaban J connectivity index is 4.81. The van der Waals surface area contributed by atoms with Crippen molar-refractivity contribution in [1.29, 1.82) is 5.41 Å². The highest BCUT2D eigenvalue weighted by Gasteiger charge is 2.03. The van der Waals surface area contributed by atoms with Crippen molar-refractivity contribution in [3.63, 3.8) is 0 Å². The average Bonchev–Trinajstić information content (AvgIpc) is 1.83. The van der Waals surface area contributed by atoms with Crippen molar-refractivity contribution in [2.45, 2.75) is 6.92 Å². The quantitative estimate of drug-likeness (QED) is 0.399. The molecule has 0 aliphatic rings. The van der Waals surface area contributed by atoms with Crippen LogP contribution in [0.5, 0.6) is 0 Å². The standard InChI is InChI=1S/C6H7Cl2N3O/c1-3(7)2-4(5(9)12)11-6(8)10/h2,10H,1H3,(H2,9,12)/b3-2+,10-6?,11-4+. The van der Waals surface area contributed by atoms with Crippen LogP contribution in [0.15, 0.2) is 16.1 Å². The first-order valence-corrected chi connectivity index (χ1v) is 3.65. The molecule has 6 heteroatoms. The maximum atomic E-state index is 10.6. The summed E-state index contributed by atoms with van der Waals surface area (Å²) in [7, 11) is 0. The molecule has 0 saturated heterocycles. The van der Waals surface area contributed by atoms with Gasteiger partial charge in [0.05, 0.1) is 0 Å². The Bertz CT molecular complexity index is 266. The van der Waals surface area contributed by atoms with E-state index in [0.29, 0.717) is 5.03 Å². The number of nitrogens with two attached hydrogens (primary N) is 1. The van der Waals surface area contributed by atoms with Gasteiger partial charge in [0.15, 0.2) is 0 Å². The highest BCUT2D eigenvalue weighted by atomic mass is 35.5. The Morgan fingerprint density at radius 3 is 2.33 bits per heavy atom. The monoisotopic (exact) mass is 207 g/mol. The number of hydrogen-bond acceptors (Lipinski definition) is 2. The molecule has 0 aliphatic heterocycles. The van der Waals surface area contributed by atoms with Crippen molar-refractivity contribution in [1.82, 2.24) is 0 Å². The summed E-state index contributed by atoms with van der Waals surface area (Å²) in [6.07, 6.45) is 1.24. The first kappa shape index (κ1) is 11.1. The van der Waals surface area contributed by atoms with Gasteiger partial charge in [-0.3, -0.25) is 10.2 Å². The van der Waals surface area contributed by atoms with Gasteiger partial charge in [-0.25, -0.2) is 4.99 Å². The Morgan fingerprint density at radius 1 is 1.58 bits per heavy atom. The molecule has 0 aromatic heterocycles. The van der Waals surface area contributed by atoms with E-state index in [-0.39, 0.29) is 5.71 Å². The van der Waals surface area contributed by atoms with Gasteiger partial charge in [-0.05, 0) is 24.6 Å². The lowest BCUT2D eigenvalue weighted by Crippen LogP contribution is -2.22. The average molecular weight is 208 g/mol. The highest BCUT2D eigenvalue weighted by Crippen LogP contribution is 1.99. The molecule has 1 amide bonds. The van der Waals surface area contributed by atoms with E-state index in [9.17, 15) is 4.79 Å². The third kappa shape index (κ3) is 4.87. The van der Waals surface area contributed by atoms with Crippen molar-refractivity contribution in [2.24, 2.45) is 10.7 Å². The second-order valence-corrected chi connectivity index (χ2v) is 2.84. The van der Waals surface area contributed by atoms with E-state index in [2.05, 4.69) is 4.99 Å². The number of hydrogen-bond donors (Lipinski definition) is 2. The lowest BCUT2D eigenvalue weighted by atomic mass is 10.3. The predicted molar refractivity (Wildman–Crippen MR) is 49.8 cm³/mol. The Labute approximate surface area is 79.6 Å². The molecule has 0 unspecified atom stereocenters. The fourth-order valence-corrected chi connectivity index (χ4v) is 0.647. The molecule has 66 valence electrons. The van der Waals surface area contributed by atoms with Crippen LogP contribution in [0, 0.1) is 5.41 Å². The van der Waals surface area contributed by atoms with Crippen molar-refractivity contribution in [3.05, 3.63) is 11.1 Å². The predicted octanol–water partition coefficient (Wildman–Crippen LogP) is 1.23. The molecule has 3 N–H and O–H groups in total. The van der Waals surface area contributed by atoms with E-state index in [1.54, 1.807) is 6.92 Å². The molecule has 0 aliphatic carbocycles. The number of nitrogens with one attached hydrogen (secondary N) is 1. The molecule has 0 bridgehead atoms. The maximum Gasteiger partial charge on any atom is 0.267 e. The van der Waals surface area contributed by atoms with E-state index in [1.165, 1.54) is 6.08 Å². The molecule has 0 fully saturated rings. The zero-order valence-electron chi connectivity index (χ0n) is 6.27. The van der Waals surface area contributed by atoms with Gasteiger partial charge >= 0.3 is 0 Å². The minimum absolute atomic E-state index is 0.137. The third-order valence-electron chi connectivity index (χ3n) is 0.807. The number of aliphatic imine (C=N–C) groups is 1. The molecule has 0 atom stereocenters. The summed E-state index contributed by atoms with van der Waals surface area (Å²) in [5, 5.41) is 6.58. The van der Waals surface area contributed by atoms with Crippen LogP contribution in [0.3, 0.4) is 0 Å². The summed E-state index contributed by atoms with van der Waals surface area (Å²) in [4.78, 5) is 14.0. The normalized spacial score (nSPS) is 12.9. The number of halogens is 2. The summed E-state index contributed by atoms with van der Waals surface area (Å²) in [6.45, 7) is 1.55. The second kappa shape index (κ2) is 4.90. The van der Waals surface area contributed by atoms with E-state index < -0.39 is 11.2 Å². The number of amidine groups is 1. The molecule has 0 spiro atoms. The fourth-order valence-electron chi connectivity index (χ4n) is 0.453. The summed E-state index contributed by atoms with van der Waals surface area (Å²) >= 11 is 10.6. The van der Waals surface area contributed by atoms with Gasteiger partial charge in [-0.2, -0.15) is 0 Å². The van der Waals surface area contributed by atoms with Crippen molar-refractivity contribution >= 4 is 40.1 Å². The minimum Gasteiger partial charge on any atom is -0.364 e. The molecule has 0 heterocycles.